The van der Waals surface area contributed by atoms with Gasteiger partial charge in [0.15, 0.2) is 6.61 Å². The highest BCUT2D eigenvalue weighted by Gasteiger charge is 2.36. The number of hydrogen-bond acceptors (Lipinski definition) is 3. The lowest BCUT2D eigenvalue weighted by molar-refractivity contribution is -0.141. The van der Waals surface area contributed by atoms with Crippen LogP contribution in [0.3, 0.4) is 0 Å². The monoisotopic (exact) mass is 512 g/mol. The van der Waals surface area contributed by atoms with Gasteiger partial charge in [-0.3, -0.25) is 4.79 Å². The van der Waals surface area contributed by atoms with Crippen molar-refractivity contribution in [1.82, 2.24) is 9.47 Å². The largest absolute Gasteiger partial charge is 0.484 e. The van der Waals surface area contributed by atoms with Gasteiger partial charge in [0.2, 0.25) is 0 Å². The fourth-order valence-corrected chi connectivity index (χ4v) is 5.63. The number of ether oxygens (including phenoxy) is 1. The van der Waals surface area contributed by atoms with E-state index in [2.05, 4.69) is 0 Å². The van der Waals surface area contributed by atoms with E-state index in [4.69, 9.17) is 16.3 Å². The summed E-state index contributed by atoms with van der Waals surface area (Å²) in [7, 11) is 0. The molecule has 8 heteroatoms. The highest BCUT2D eigenvalue weighted by molar-refractivity contribution is 6.30. The number of carboxylic acid groups (broad SMARTS) is 1. The first-order chi connectivity index (χ1) is 17.4. The third kappa shape index (κ3) is 4.94. The van der Waals surface area contributed by atoms with Crippen LogP contribution in [0.15, 0.2) is 42.5 Å². The van der Waals surface area contributed by atoms with E-state index in [9.17, 15) is 19.1 Å². The third-order valence-corrected chi connectivity index (χ3v) is 7.63. The van der Waals surface area contributed by atoms with Crippen LogP contribution in [-0.2, 0) is 22.4 Å². The molecule has 0 aliphatic heterocycles. The van der Waals surface area contributed by atoms with E-state index < -0.39 is 12.0 Å². The number of nitrogens with zero attached hydrogens (tertiary/aromatic N) is 2. The van der Waals surface area contributed by atoms with E-state index >= 15 is 0 Å². The van der Waals surface area contributed by atoms with E-state index in [1.807, 2.05) is 16.4 Å². The zero-order valence-electron chi connectivity index (χ0n) is 20.3. The fourth-order valence-electron chi connectivity index (χ4n) is 5.45. The highest BCUT2D eigenvalue weighted by atomic mass is 35.5. The smallest absolute Gasteiger partial charge is 0.326 e. The molecule has 2 aliphatic carbocycles. The molecule has 190 valence electrons. The summed E-state index contributed by atoms with van der Waals surface area (Å²) < 4.78 is 21.9. The Kier molecular flexibility index (Phi) is 6.93. The van der Waals surface area contributed by atoms with Gasteiger partial charge < -0.3 is 19.3 Å². The molecule has 1 amide bonds. The first kappa shape index (κ1) is 24.6. The number of hydrogen-bond donors (Lipinski definition) is 1. The molecule has 0 radical (unpaired) electrons. The van der Waals surface area contributed by atoms with Crippen LogP contribution in [0.2, 0.25) is 5.02 Å². The van der Waals surface area contributed by atoms with Gasteiger partial charge in [-0.15, -0.1) is 0 Å². The summed E-state index contributed by atoms with van der Waals surface area (Å²) >= 11 is 6.04. The normalized spacial score (nSPS) is 18.0. The van der Waals surface area contributed by atoms with Crippen molar-refractivity contribution in [2.45, 2.75) is 57.5 Å². The second-order valence-corrected chi connectivity index (χ2v) is 10.3. The van der Waals surface area contributed by atoms with Crippen molar-refractivity contribution in [2.24, 2.45) is 5.92 Å². The maximum atomic E-state index is 14.3. The van der Waals surface area contributed by atoms with Crippen molar-refractivity contribution >= 4 is 34.4 Å². The molecule has 1 aromatic heterocycles. The van der Waals surface area contributed by atoms with Gasteiger partial charge in [-0.05, 0) is 86.4 Å². The molecule has 1 saturated carbocycles. The van der Waals surface area contributed by atoms with E-state index in [0.29, 0.717) is 42.5 Å². The molecule has 0 bridgehead atoms. The van der Waals surface area contributed by atoms with E-state index in [-0.39, 0.29) is 24.4 Å². The number of carbonyl (C=O) groups excluding carboxylic acids is 1. The number of fused-ring (bicyclic) bond motifs is 3. The van der Waals surface area contributed by atoms with Gasteiger partial charge in [-0.25, -0.2) is 9.18 Å². The van der Waals surface area contributed by atoms with Crippen LogP contribution >= 0.6 is 11.6 Å². The van der Waals surface area contributed by atoms with Crippen LogP contribution in [0.5, 0.6) is 5.75 Å². The molecule has 3 aromatic rings. The molecule has 36 heavy (non-hydrogen) atoms. The van der Waals surface area contributed by atoms with Crippen molar-refractivity contribution in [2.75, 3.05) is 13.2 Å². The first-order valence-electron chi connectivity index (χ1n) is 12.6. The number of aliphatic carboxylic acids is 1. The van der Waals surface area contributed by atoms with Gasteiger partial charge in [-0.2, -0.15) is 0 Å². The topological polar surface area (TPSA) is 71.8 Å². The van der Waals surface area contributed by atoms with E-state index in [0.717, 1.165) is 41.4 Å². The maximum absolute atomic E-state index is 14.3. The predicted molar refractivity (Wildman–Crippen MR) is 136 cm³/mol. The number of aromatic nitrogens is 1. The minimum absolute atomic E-state index is 0.0548. The van der Waals surface area contributed by atoms with Gasteiger partial charge in [0.25, 0.3) is 5.91 Å². The van der Waals surface area contributed by atoms with Gasteiger partial charge in [0, 0.05) is 34.2 Å². The number of amides is 1. The molecular weight excluding hydrogens is 483 g/mol. The number of halogens is 2. The molecule has 5 rings (SSSR count). The summed E-state index contributed by atoms with van der Waals surface area (Å²) in [5.74, 6) is -0.286. The van der Waals surface area contributed by atoms with Crippen molar-refractivity contribution in [3.8, 4) is 5.75 Å². The molecule has 2 aromatic carbocycles. The fraction of sp³-hybridized carbons (Fsp3) is 0.429. The second kappa shape index (κ2) is 10.1. The van der Waals surface area contributed by atoms with Crippen LogP contribution in [0.4, 0.5) is 4.39 Å². The summed E-state index contributed by atoms with van der Waals surface area (Å²) in [6, 6.07) is 10.8. The molecule has 2 aliphatic rings. The first-order valence-corrected chi connectivity index (χ1v) is 12.9. The van der Waals surface area contributed by atoms with Crippen LogP contribution in [0.1, 0.15) is 49.9 Å². The Morgan fingerprint density at radius 1 is 1.22 bits per heavy atom. The van der Waals surface area contributed by atoms with Crippen molar-refractivity contribution in [3.05, 3.63) is 64.6 Å². The third-order valence-electron chi connectivity index (χ3n) is 7.39. The van der Waals surface area contributed by atoms with Gasteiger partial charge >= 0.3 is 5.97 Å². The maximum Gasteiger partial charge on any atom is 0.326 e. The number of carboxylic acids is 1. The van der Waals surface area contributed by atoms with Crippen LogP contribution in [0.25, 0.3) is 10.9 Å². The average Bonchev–Trinajstić information content (AvgIpc) is 3.63. The molecule has 1 fully saturated rings. The highest BCUT2D eigenvalue weighted by Crippen LogP contribution is 2.38. The molecular formula is C28H30ClFN2O4. The molecule has 2 atom stereocenters. The Balaban J connectivity index is 1.44. The van der Waals surface area contributed by atoms with Crippen LogP contribution < -0.4 is 4.74 Å². The molecule has 0 spiro atoms. The molecule has 6 nitrogen and oxygen atoms in total. The average molecular weight is 513 g/mol. The predicted octanol–water partition coefficient (Wildman–Crippen LogP) is 5.64. The Hall–Kier alpha value is -3.06. The minimum Gasteiger partial charge on any atom is -0.484 e. The molecule has 1 heterocycles. The van der Waals surface area contributed by atoms with Gasteiger partial charge in [0.05, 0.1) is 0 Å². The summed E-state index contributed by atoms with van der Waals surface area (Å²) in [6.45, 7) is 2.45. The van der Waals surface area contributed by atoms with Crippen LogP contribution in [-0.4, -0.2) is 45.6 Å². The van der Waals surface area contributed by atoms with Gasteiger partial charge in [0.1, 0.15) is 17.6 Å². The van der Waals surface area contributed by atoms with E-state index in [1.165, 1.54) is 12.1 Å². The lowest BCUT2D eigenvalue weighted by Crippen LogP contribution is -2.46. The van der Waals surface area contributed by atoms with Crippen molar-refractivity contribution < 1.29 is 23.8 Å². The van der Waals surface area contributed by atoms with Crippen LogP contribution in [0, 0.1) is 11.7 Å². The number of carbonyl (C=O) groups is 2. The summed E-state index contributed by atoms with van der Waals surface area (Å²) in [5, 5.41) is 11.2. The minimum atomic E-state index is -0.896. The molecule has 1 N–H and O–H groups in total. The summed E-state index contributed by atoms with van der Waals surface area (Å²) in [6.07, 6.45) is 4.56. The summed E-state index contributed by atoms with van der Waals surface area (Å²) in [4.78, 5) is 27.4. The van der Waals surface area contributed by atoms with Crippen molar-refractivity contribution in [3.63, 3.8) is 0 Å². The lowest BCUT2D eigenvalue weighted by atomic mass is 9.90. The zero-order valence-corrected chi connectivity index (χ0v) is 21.0. The lowest BCUT2D eigenvalue weighted by Gasteiger charge is -2.35. The van der Waals surface area contributed by atoms with Crippen molar-refractivity contribution in [1.29, 1.82) is 0 Å². The standard InChI is InChI=1S/C28H30ClFN2O4/c1-2-24(28(34)35)32-25-10-8-19(30)13-22(25)23-14-20(9-11-26(23)32)31(15-17-6-7-17)27(33)16-36-21-5-3-4-18(29)12-21/h3-5,8,10,12-13,17,20,24H,2,6-7,9,11,14-16H2,1H3,(H,34,35). The zero-order chi connectivity index (χ0) is 25.4. The SMILES string of the molecule is CCC(C(=O)O)n1c2c(c3cc(F)ccc31)CC(N(CC1CC1)C(=O)COc1cccc(Cl)c1)CC2. The Bertz CT molecular complexity index is 1300. The second-order valence-electron chi connectivity index (χ2n) is 9.85. The van der Waals surface area contributed by atoms with E-state index in [1.54, 1.807) is 30.3 Å². The Labute approximate surface area is 214 Å². The van der Waals surface area contributed by atoms with Gasteiger partial charge in [-0.1, -0.05) is 24.6 Å². The Morgan fingerprint density at radius 3 is 2.72 bits per heavy atom. The number of rotatable bonds is 9. The Morgan fingerprint density at radius 2 is 2.03 bits per heavy atom. The number of benzene rings is 2. The molecule has 2 unspecified atom stereocenters. The molecule has 0 saturated heterocycles. The quantitative estimate of drug-likeness (QED) is 0.402. The summed E-state index contributed by atoms with van der Waals surface area (Å²) in [5.41, 5.74) is 2.63.